The monoisotopic (exact) mass is 377 g/mol. The summed E-state index contributed by atoms with van der Waals surface area (Å²) in [6.07, 6.45) is -0.119. The van der Waals surface area contributed by atoms with E-state index in [0.717, 1.165) is 4.90 Å². The summed E-state index contributed by atoms with van der Waals surface area (Å²) in [5.41, 5.74) is 0. The maximum atomic E-state index is 12.3. The molecule has 1 N–H and O–H groups in total. The van der Waals surface area contributed by atoms with E-state index in [-0.39, 0.29) is 6.10 Å². The van der Waals surface area contributed by atoms with E-state index in [9.17, 15) is 4.21 Å². The molecule has 0 bridgehead atoms. The van der Waals surface area contributed by atoms with Crippen molar-refractivity contribution in [2.45, 2.75) is 11.0 Å². The van der Waals surface area contributed by atoms with Crippen molar-refractivity contribution in [2.75, 3.05) is 39.7 Å². The number of rotatable bonds is 8. The highest BCUT2D eigenvalue weighted by Gasteiger charge is 2.24. The van der Waals surface area contributed by atoms with E-state index in [0.29, 0.717) is 48.4 Å². The van der Waals surface area contributed by atoms with Gasteiger partial charge >= 0.3 is 0 Å². The van der Waals surface area contributed by atoms with Crippen molar-refractivity contribution in [3.63, 3.8) is 0 Å². The Bertz CT molecular complexity index is 745. The van der Waals surface area contributed by atoms with E-state index >= 15 is 0 Å². The van der Waals surface area contributed by atoms with Gasteiger partial charge in [-0.3, -0.25) is 4.21 Å². The Hall–Kier alpha value is -2.25. The van der Waals surface area contributed by atoms with Gasteiger partial charge in [-0.2, -0.15) is 0 Å². The molecular formula is C19H23NO5S. The van der Waals surface area contributed by atoms with Gasteiger partial charge < -0.3 is 24.3 Å². The molecule has 0 amide bonds. The number of nitrogens with one attached hydrogen (secondary N) is 1. The number of fused-ring (bicyclic) bond motifs is 1. The second-order valence-corrected chi connectivity index (χ2v) is 7.21. The Morgan fingerprint density at radius 1 is 1.12 bits per heavy atom. The third-order valence-electron chi connectivity index (χ3n) is 4.01. The number of para-hydroxylation sites is 2. The number of hydrogen-bond donors (Lipinski definition) is 1. The summed E-state index contributed by atoms with van der Waals surface area (Å²) < 4.78 is 34.6. The zero-order valence-electron chi connectivity index (χ0n) is 14.9. The van der Waals surface area contributed by atoms with Crippen molar-refractivity contribution in [3.05, 3.63) is 42.5 Å². The van der Waals surface area contributed by atoms with Gasteiger partial charge in [-0.15, -0.1) is 0 Å². The molecule has 2 aromatic carbocycles. The molecule has 7 heteroatoms. The summed E-state index contributed by atoms with van der Waals surface area (Å²) in [6, 6.07) is 13.0. The summed E-state index contributed by atoms with van der Waals surface area (Å²) in [7, 11) is 2.17. The van der Waals surface area contributed by atoms with Crippen molar-refractivity contribution in [1.29, 1.82) is 0 Å². The molecule has 0 spiro atoms. The minimum atomic E-state index is -1.02. The van der Waals surface area contributed by atoms with Crippen LogP contribution in [0.15, 0.2) is 47.4 Å². The lowest BCUT2D eigenvalue weighted by Crippen LogP contribution is -2.39. The fourth-order valence-corrected chi connectivity index (χ4v) is 4.03. The van der Waals surface area contributed by atoms with E-state index in [2.05, 4.69) is 5.32 Å². The predicted molar refractivity (Wildman–Crippen MR) is 100 cm³/mol. The van der Waals surface area contributed by atoms with Crippen molar-refractivity contribution < 1.29 is 23.2 Å². The van der Waals surface area contributed by atoms with E-state index < -0.39 is 10.8 Å². The fourth-order valence-electron chi connectivity index (χ4n) is 2.76. The van der Waals surface area contributed by atoms with Crippen LogP contribution in [0.25, 0.3) is 0 Å². The molecule has 140 valence electrons. The minimum Gasteiger partial charge on any atom is -0.493 e. The SMILES string of the molecule is COc1cccc(OC)c1OCCNC[C@@H]1C[S@](=O)c2ccccc2O1. The first-order valence-corrected chi connectivity index (χ1v) is 9.73. The molecule has 1 aliphatic heterocycles. The van der Waals surface area contributed by atoms with Gasteiger partial charge in [0.05, 0.1) is 35.7 Å². The molecule has 6 nitrogen and oxygen atoms in total. The average molecular weight is 377 g/mol. The van der Waals surface area contributed by atoms with Crippen LogP contribution in [0.5, 0.6) is 23.0 Å². The summed E-state index contributed by atoms with van der Waals surface area (Å²) in [5, 5.41) is 3.29. The normalized spacial score (nSPS) is 18.5. The molecule has 0 saturated carbocycles. The maximum absolute atomic E-state index is 12.3. The van der Waals surface area contributed by atoms with Crippen molar-refractivity contribution in [2.24, 2.45) is 0 Å². The molecule has 0 aliphatic carbocycles. The third kappa shape index (κ3) is 4.28. The fraction of sp³-hybridized carbons (Fsp3) is 0.368. The van der Waals surface area contributed by atoms with Crippen LogP contribution in [0.1, 0.15) is 0 Å². The van der Waals surface area contributed by atoms with Gasteiger partial charge in [0.25, 0.3) is 0 Å². The van der Waals surface area contributed by atoms with Gasteiger partial charge in [-0.05, 0) is 24.3 Å². The highest BCUT2D eigenvalue weighted by atomic mass is 32.2. The quantitative estimate of drug-likeness (QED) is 0.712. The van der Waals surface area contributed by atoms with Gasteiger partial charge in [0, 0.05) is 13.1 Å². The number of ether oxygens (including phenoxy) is 4. The molecule has 26 heavy (non-hydrogen) atoms. The zero-order chi connectivity index (χ0) is 18.4. The Morgan fingerprint density at radius 2 is 1.85 bits per heavy atom. The third-order valence-corrected chi connectivity index (χ3v) is 5.51. The molecule has 0 radical (unpaired) electrons. The van der Waals surface area contributed by atoms with Gasteiger partial charge in [0.1, 0.15) is 18.5 Å². The molecule has 0 aromatic heterocycles. The molecule has 1 heterocycles. The van der Waals surface area contributed by atoms with Gasteiger partial charge in [0.2, 0.25) is 5.75 Å². The van der Waals surface area contributed by atoms with Crippen LogP contribution in [0.4, 0.5) is 0 Å². The van der Waals surface area contributed by atoms with Crippen LogP contribution in [0.3, 0.4) is 0 Å². The second kappa shape index (κ2) is 8.91. The zero-order valence-corrected chi connectivity index (χ0v) is 15.7. The first-order chi connectivity index (χ1) is 12.7. The summed E-state index contributed by atoms with van der Waals surface area (Å²) in [6.45, 7) is 1.67. The van der Waals surface area contributed by atoms with Crippen molar-refractivity contribution >= 4 is 10.8 Å². The second-order valence-electron chi connectivity index (χ2n) is 5.74. The lowest BCUT2D eigenvalue weighted by atomic mass is 10.3. The lowest BCUT2D eigenvalue weighted by molar-refractivity contribution is 0.203. The van der Waals surface area contributed by atoms with Gasteiger partial charge in [0.15, 0.2) is 11.5 Å². The molecular weight excluding hydrogens is 354 g/mol. The summed E-state index contributed by atoms with van der Waals surface area (Å²) in [4.78, 5) is 0.773. The molecule has 1 aliphatic rings. The molecule has 0 fully saturated rings. The highest BCUT2D eigenvalue weighted by Crippen LogP contribution is 2.36. The van der Waals surface area contributed by atoms with Crippen LogP contribution >= 0.6 is 0 Å². The standard InChI is InChI=1S/C19H23NO5S/c1-22-16-7-5-8-17(23-2)19(16)24-11-10-20-12-14-13-26(21)18-9-4-3-6-15(18)25-14/h3-9,14,20H,10-13H2,1-2H3/t14-,26+/m1/s1. The van der Waals surface area contributed by atoms with E-state index in [1.165, 1.54) is 0 Å². The first-order valence-electron chi connectivity index (χ1n) is 8.41. The topological polar surface area (TPSA) is 66.0 Å². The Kier molecular flexibility index (Phi) is 6.35. The number of methoxy groups -OCH3 is 2. The summed E-state index contributed by atoms with van der Waals surface area (Å²) >= 11 is 0. The predicted octanol–water partition coefficient (Wildman–Crippen LogP) is 2.24. The largest absolute Gasteiger partial charge is 0.493 e. The van der Waals surface area contributed by atoms with E-state index in [4.69, 9.17) is 18.9 Å². The van der Waals surface area contributed by atoms with Gasteiger partial charge in [-0.25, -0.2) is 0 Å². The molecule has 2 aromatic rings. The van der Waals surface area contributed by atoms with Crippen LogP contribution in [0, 0.1) is 0 Å². The molecule has 3 rings (SSSR count). The Labute approximate surface area is 155 Å². The van der Waals surface area contributed by atoms with E-state index in [1.807, 2.05) is 42.5 Å². The van der Waals surface area contributed by atoms with Crippen LogP contribution in [0.2, 0.25) is 0 Å². The average Bonchev–Trinajstić information content (AvgIpc) is 2.67. The molecule has 0 saturated heterocycles. The van der Waals surface area contributed by atoms with Crippen LogP contribution in [-0.4, -0.2) is 50.0 Å². The molecule has 0 unspecified atom stereocenters. The maximum Gasteiger partial charge on any atom is 0.203 e. The van der Waals surface area contributed by atoms with Gasteiger partial charge in [-0.1, -0.05) is 18.2 Å². The van der Waals surface area contributed by atoms with Crippen molar-refractivity contribution in [3.8, 4) is 23.0 Å². The highest BCUT2D eigenvalue weighted by molar-refractivity contribution is 7.85. The van der Waals surface area contributed by atoms with Crippen LogP contribution in [-0.2, 0) is 10.8 Å². The minimum absolute atomic E-state index is 0.119. The summed E-state index contributed by atoms with van der Waals surface area (Å²) in [5.74, 6) is 3.05. The molecule has 2 atom stereocenters. The Morgan fingerprint density at radius 3 is 2.58 bits per heavy atom. The number of hydrogen-bond acceptors (Lipinski definition) is 6. The van der Waals surface area contributed by atoms with E-state index in [1.54, 1.807) is 14.2 Å². The number of benzene rings is 2. The van der Waals surface area contributed by atoms with Crippen LogP contribution < -0.4 is 24.3 Å². The Balaban J connectivity index is 1.47. The smallest absolute Gasteiger partial charge is 0.203 e. The first kappa shape index (κ1) is 18.5. The lowest BCUT2D eigenvalue weighted by Gasteiger charge is -2.25. The van der Waals surface area contributed by atoms with Crippen molar-refractivity contribution in [1.82, 2.24) is 5.32 Å².